The van der Waals surface area contributed by atoms with Crippen molar-refractivity contribution >= 4 is 11.9 Å². The third-order valence-electron chi connectivity index (χ3n) is 4.96. The van der Waals surface area contributed by atoms with Gasteiger partial charge in [-0.05, 0) is 44.3 Å². The number of carbonyl (C=O) groups excluding carboxylic acids is 1. The average molecular weight is 397 g/mol. The molecule has 1 aliphatic rings. The summed E-state index contributed by atoms with van der Waals surface area (Å²) in [6.45, 7) is 3.53. The second-order valence-electron chi connectivity index (χ2n) is 7.05. The van der Waals surface area contributed by atoms with Gasteiger partial charge < -0.3 is 24.2 Å². The van der Waals surface area contributed by atoms with Crippen molar-refractivity contribution in [1.29, 1.82) is 0 Å². The lowest BCUT2D eigenvalue weighted by molar-refractivity contribution is 0.101. The predicted octanol–water partition coefficient (Wildman–Crippen LogP) is 4.26. The highest BCUT2D eigenvalue weighted by molar-refractivity contribution is 6.15. The van der Waals surface area contributed by atoms with Gasteiger partial charge in [-0.1, -0.05) is 25.5 Å². The van der Waals surface area contributed by atoms with E-state index in [1.54, 1.807) is 38.5 Å². The fourth-order valence-electron chi connectivity index (χ4n) is 3.39. The van der Waals surface area contributed by atoms with Gasteiger partial charge in [0.25, 0.3) is 0 Å². The Morgan fingerprint density at radius 2 is 1.97 bits per heavy atom. The summed E-state index contributed by atoms with van der Waals surface area (Å²) in [4.78, 5) is 15.0. The first-order valence-electron chi connectivity index (χ1n) is 9.68. The highest BCUT2D eigenvalue weighted by Gasteiger charge is 2.31. The van der Waals surface area contributed by atoms with Gasteiger partial charge in [0, 0.05) is 12.1 Å². The number of nitrogens with zero attached hydrogens (tertiary/aromatic N) is 1. The van der Waals surface area contributed by atoms with Gasteiger partial charge in [-0.2, -0.15) is 0 Å². The number of ether oxygens (including phenoxy) is 3. The summed E-state index contributed by atoms with van der Waals surface area (Å²) >= 11 is 0. The molecule has 0 saturated heterocycles. The number of para-hydroxylation sites is 1. The topological polar surface area (TPSA) is 68.2 Å². The van der Waals surface area contributed by atoms with Crippen molar-refractivity contribution in [2.45, 2.75) is 26.3 Å². The highest BCUT2D eigenvalue weighted by Crippen LogP contribution is 2.41. The van der Waals surface area contributed by atoms with Crippen LogP contribution in [0, 0.1) is 0 Å². The smallest absolute Gasteiger partial charge is 0.231 e. The van der Waals surface area contributed by atoms with E-state index < -0.39 is 0 Å². The molecule has 0 amide bonds. The predicted molar refractivity (Wildman–Crippen MR) is 112 cm³/mol. The number of rotatable bonds is 8. The van der Waals surface area contributed by atoms with Crippen LogP contribution in [0.3, 0.4) is 0 Å². The molecule has 1 heterocycles. The van der Waals surface area contributed by atoms with Crippen molar-refractivity contribution in [3.05, 3.63) is 52.8 Å². The lowest BCUT2D eigenvalue weighted by atomic mass is 10.0. The summed E-state index contributed by atoms with van der Waals surface area (Å²) in [5, 5.41) is 10.4. The van der Waals surface area contributed by atoms with E-state index in [-0.39, 0.29) is 17.3 Å². The Kier molecular flexibility index (Phi) is 6.44. The van der Waals surface area contributed by atoms with Gasteiger partial charge in [0.15, 0.2) is 17.3 Å². The number of phenols is 1. The molecule has 0 bridgehead atoms. The van der Waals surface area contributed by atoms with Crippen LogP contribution in [0.15, 0.2) is 36.1 Å². The summed E-state index contributed by atoms with van der Waals surface area (Å²) in [5.41, 5.74) is 1.75. The van der Waals surface area contributed by atoms with Crippen LogP contribution >= 0.6 is 0 Å². The fourth-order valence-corrected chi connectivity index (χ4v) is 3.39. The Labute approximate surface area is 171 Å². The van der Waals surface area contributed by atoms with Crippen LogP contribution in [-0.4, -0.2) is 43.6 Å². The Balaban J connectivity index is 1.95. The van der Waals surface area contributed by atoms with Crippen molar-refractivity contribution in [2.75, 3.05) is 27.8 Å². The van der Waals surface area contributed by atoms with Gasteiger partial charge in [0.05, 0.1) is 25.3 Å². The van der Waals surface area contributed by atoms with Crippen LogP contribution in [0.25, 0.3) is 6.08 Å². The average Bonchev–Trinajstić information content (AvgIpc) is 3.04. The zero-order valence-electron chi connectivity index (χ0n) is 17.3. The first kappa shape index (κ1) is 20.7. The monoisotopic (exact) mass is 397 g/mol. The molecule has 0 fully saturated rings. The van der Waals surface area contributed by atoms with E-state index in [0.717, 1.165) is 19.4 Å². The quantitative estimate of drug-likeness (QED) is 0.672. The zero-order chi connectivity index (χ0) is 21.0. The van der Waals surface area contributed by atoms with Crippen LogP contribution in [-0.2, 0) is 6.54 Å². The van der Waals surface area contributed by atoms with Crippen LogP contribution < -0.4 is 14.2 Å². The van der Waals surface area contributed by atoms with Crippen LogP contribution in [0.1, 0.15) is 41.3 Å². The van der Waals surface area contributed by atoms with Crippen molar-refractivity contribution in [2.24, 2.45) is 0 Å². The number of allylic oxidation sites excluding steroid dienone is 1. The van der Waals surface area contributed by atoms with Crippen molar-refractivity contribution in [3.8, 4) is 23.0 Å². The fraction of sp³-hybridized carbons (Fsp3) is 0.348. The van der Waals surface area contributed by atoms with Gasteiger partial charge in [0.2, 0.25) is 5.78 Å². The SMILES string of the molecule is CCCCN(C)Cc1c(O)ccc2c1O/C(=C\c1cccc(OC)c1OC)C2=O. The second-order valence-corrected chi connectivity index (χ2v) is 7.05. The Morgan fingerprint density at radius 3 is 2.66 bits per heavy atom. The van der Waals surface area contributed by atoms with Crippen LogP contribution in [0.5, 0.6) is 23.0 Å². The number of fused-ring (bicyclic) bond motifs is 1. The molecule has 0 aromatic heterocycles. The molecule has 6 nitrogen and oxygen atoms in total. The van der Waals surface area contributed by atoms with Gasteiger partial charge in [-0.25, -0.2) is 0 Å². The standard InChI is InChI=1S/C23H27NO5/c1-5-6-12-24(2)14-17-18(25)11-10-16-21(26)20(29-23(16)17)13-15-8-7-9-19(27-3)22(15)28-4/h7-11,13,25H,5-6,12,14H2,1-4H3/b20-13-. The van der Waals surface area contributed by atoms with Gasteiger partial charge in [-0.15, -0.1) is 0 Å². The Hall–Kier alpha value is -2.99. The van der Waals surface area contributed by atoms with Crippen LogP contribution in [0.2, 0.25) is 0 Å². The molecule has 29 heavy (non-hydrogen) atoms. The van der Waals surface area contributed by atoms with E-state index in [1.165, 1.54) is 0 Å². The molecule has 154 valence electrons. The molecule has 2 aromatic carbocycles. The second kappa shape index (κ2) is 9.01. The highest BCUT2D eigenvalue weighted by atomic mass is 16.5. The van der Waals surface area contributed by atoms with Crippen molar-refractivity contribution in [3.63, 3.8) is 0 Å². The molecule has 1 aliphatic heterocycles. The molecule has 0 radical (unpaired) electrons. The molecule has 0 aliphatic carbocycles. The minimum absolute atomic E-state index is 0.125. The van der Waals surface area contributed by atoms with Crippen molar-refractivity contribution in [1.82, 2.24) is 4.90 Å². The maximum Gasteiger partial charge on any atom is 0.231 e. The number of methoxy groups -OCH3 is 2. The summed E-state index contributed by atoms with van der Waals surface area (Å²) in [7, 11) is 5.10. The number of carbonyl (C=O) groups is 1. The molecule has 2 aromatic rings. The largest absolute Gasteiger partial charge is 0.507 e. The number of unbranched alkanes of at least 4 members (excludes halogenated alkanes) is 1. The third kappa shape index (κ3) is 4.22. The molecule has 3 rings (SSSR count). The number of phenolic OH excluding ortho intramolecular Hbond substituents is 1. The van der Waals surface area contributed by atoms with E-state index >= 15 is 0 Å². The minimum Gasteiger partial charge on any atom is -0.507 e. The molecule has 0 atom stereocenters. The third-order valence-corrected chi connectivity index (χ3v) is 4.96. The van der Waals surface area contributed by atoms with E-state index in [2.05, 4.69) is 11.8 Å². The Bertz CT molecular complexity index is 935. The molecular weight excluding hydrogens is 370 g/mol. The van der Waals surface area contributed by atoms with Crippen LogP contribution in [0.4, 0.5) is 0 Å². The van der Waals surface area contributed by atoms with Crippen molar-refractivity contribution < 1.29 is 24.1 Å². The summed E-state index contributed by atoms with van der Waals surface area (Å²) in [6.07, 6.45) is 3.80. The lowest BCUT2D eigenvalue weighted by Crippen LogP contribution is -2.19. The first-order chi connectivity index (χ1) is 14.0. The number of Topliss-reactive ketones (excluding diaryl/α,β-unsaturated/α-hetero) is 1. The summed E-state index contributed by atoms with van der Waals surface area (Å²) < 4.78 is 16.7. The number of benzene rings is 2. The molecule has 0 saturated carbocycles. The maximum absolute atomic E-state index is 12.9. The molecule has 6 heteroatoms. The summed E-state index contributed by atoms with van der Waals surface area (Å²) in [5.74, 6) is 1.61. The zero-order valence-corrected chi connectivity index (χ0v) is 17.3. The van der Waals surface area contributed by atoms with E-state index in [1.807, 2.05) is 19.2 Å². The van der Waals surface area contributed by atoms with Gasteiger partial charge in [0.1, 0.15) is 11.5 Å². The Morgan fingerprint density at radius 1 is 1.17 bits per heavy atom. The van der Waals surface area contributed by atoms with E-state index in [0.29, 0.717) is 40.5 Å². The molecule has 1 N–H and O–H groups in total. The normalized spacial score (nSPS) is 14.2. The lowest BCUT2D eigenvalue weighted by Gasteiger charge is -2.18. The number of ketones is 1. The summed E-state index contributed by atoms with van der Waals surface area (Å²) in [6, 6.07) is 8.59. The maximum atomic E-state index is 12.9. The molecular formula is C23H27NO5. The number of hydrogen-bond donors (Lipinski definition) is 1. The van der Waals surface area contributed by atoms with E-state index in [9.17, 15) is 9.90 Å². The molecule has 0 spiro atoms. The minimum atomic E-state index is -0.220. The number of hydrogen-bond acceptors (Lipinski definition) is 6. The first-order valence-corrected chi connectivity index (χ1v) is 9.68. The van der Waals surface area contributed by atoms with Gasteiger partial charge >= 0.3 is 0 Å². The number of aromatic hydroxyl groups is 1. The van der Waals surface area contributed by atoms with E-state index in [4.69, 9.17) is 14.2 Å². The molecule has 0 unspecified atom stereocenters. The van der Waals surface area contributed by atoms with Gasteiger partial charge in [-0.3, -0.25) is 4.79 Å².